The molecule has 1 amide bonds. The molecule has 0 spiro atoms. The van der Waals surface area contributed by atoms with Crippen molar-refractivity contribution in [2.75, 3.05) is 46.3 Å². The summed E-state index contributed by atoms with van der Waals surface area (Å²) >= 11 is 0. The van der Waals surface area contributed by atoms with Crippen LogP contribution in [0, 0.1) is 11.8 Å². The van der Waals surface area contributed by atoms with E-state index in [1.165, 1.54) is 32.2 Å². The summed E-state index contributed by atoms with van der Waals surface area (Å²) < 4.78 is 0. The second-order valence-corrected chi connectivity index (χ2v) is 6.99. The quantitative estimate of drug-likeness (QED) is 0.751. The van der Waals surface area contributed by atoms with Crippen LogP contribution in [0.2, 0.25) is 0 Å². The van der Waals surface area contributed by atoms with Crippen molar-refractivity contribution >= 4 is 30.7 Å². The van der Waals surface area contributed by atoms with Crippen LogP contribution in [0.25, 0.3) is 0 Å². The van der Waals surface area contributed by atoms with Gasteiger partial charge in [-0.2, -0.15) is 0 Å². The molecule has 2 rings (SSSR count). The van der Waals surface area contributed by atoms with E-state index in [2.05, 4.69) is 29.1 Å². The maximum atomic E-state index is 12.3. The van der Waals surface area contributed by atoms with Gasteiger partial charge in [-0.05, 0) is 70.6 Å². The van der Waals surface area contributed by atoms with E-state index in [-0.39, 0.29) is 24.8 Å². The molecule has 2 saturated heterocycles. The zero-order valence-electron chi connectivity index (χ0n) is 14.8. The van der Waals surface area contributed by atoms with Crippen molar-refractivity contribution in [1.29, 1.82) is 0 Å². The van der Waals surface area contributed by atoms with Crippen LogP contribution >= 0.6 is 24.8 Å². The average Bonchev–Trinajstić information content (AvgIpc) is 2.94. The fraction of sp³-hybridized carbons (Fsp3) is 0.941. The minimum Gasteiger partial charge on any atom is -0.342 e. The van der Waals surface area contributed by atoms with Gasteiger partial charge in [-0.3, -0.25) is 4.79 Å². The predicted octanol–water partition coefficient (Wildman–Crippen LogP) is 2.80. The Morgan fingerprint density at radius 3 is 2.52 bits per heavy atom. The summed E-state index contributed by atoms with van der Waals surface area (Å²) in [6, 6.07) is 0. The van der Waals surface area contributed by atoms with Gasteiger partial charge in [-0.15, -0.1) is 24.8 Å². The largest absolute Gasteiger partial charge is 0.342 e. The second kappa shape index (κ2) is 12.3. The Labute approximate surface area is 154 Å². The molecule has 0 radical (unpaired) electrons. The molecule has 0 aliphatic carbocycles. The van der Waals surface area contributed by atoms with Gasteiger partial charge in [0.25, 0.3) is 0 Å². The van der Waals surface area contributed by atoms with Gasteiger partial charge in [-0.25, -0.2) is 0 Å². The Kier molecular flexibility index (Phi) is 12.3. The first-order chi connectivity index (χ1) is 10.2. The molecular weight excluding hydrogens is 333 g/mol. The number of carbonyl (C=O) groups is 1. The Morgan fingerprint density at radius 2 is 1.87 bits per heavy atom. The van der Waals surface area contributed by atoms with Gasteiger partial charge in [0, 0.05) is 26.1 Å². The Morgan fingerprint density at radius 1 is 1.17 bits per heavy atom. The highest BCUT2D eigenvalue weighted by Gasteiger charge is 2.27. The van der Waals surface area contributed by atoms with E-state index in [1.54, 1.807) is 0 Å². The molecule has 2 aliphatic heterocycles. The predicted molar refractivity (Wildman–Crippen MR) is 102 cm³/mol. The molecule has 6 heteroatoms. The lowest BCUT2D eigenvalue weighted by Crippen LogP contribution is -2.33. The normalized spacial score (nSPS) is 21.9. The highest BCUT2D eigenvalue weighted by Crippen LogP contribution is 2.22. The summed E-state index contributed by atoms with van der Waals surface area (Å²) in [5, 5.41) is 3.39. The van der Waals surface area contributed by atoms with Crippen molar-refractivity contribution in [3.8, 4) is 0 Å². The number of piperidine rings is 1. The lowest BCUT2D eigenvalue weighted by Gasteiger charge is -2.24. The number of carbonyl (C=O) groups excluding carboxylic acids is 1. The van der Waals surface area contributed by atoms with Crippen LogP contribution in [0.3, 0.4) is 0 Å². The summed E-state index contributed by atoms with van der Waals surface area (Å²) in [6.45, 7) is 8.77. The summed E-state index contributed by atoms with van der Waals surface area (Å²) in [4.78, 5) is 16.9. The minimum absolute atomic E-state index is 0. The number of hydrogen-bond acceptors (Lipinski definition) is 3. The van der Waals surface area contributed by atoms with E-state index in [4.69, 9.17) is 0 Å². The molecule has 2 heterocycles. The van der Waals surface area contributed by atoms with Crippen molar-refractivity contribution in [3.63, 3.8) is 0 Å². The fourth-order valence-electron chi connectivity index (χ4n) is 3.78. The Hall–Kier alpha value is -0.0300. The molecule has 0 aromatic rings. The van der Waals surface area contributed by atoms with Gasteiger partial charge in [0.1, 0.15) is 0 Å². The van der Waals surface area contributed by atoms with E-state index in [0.717, 1.165) is 51.5 Å². The second-order valence-electron chi connectivity index (χ2n) is 6.99. The van der Waals surface area contributed by atoms with Gasteiger partial charge in [0.15, 0.2) is 0 Å². The van der Waals surface area contributed by atoms with Crippen LogP contribution in [0.4, 0.5) is 0 Å². The smallest absolute Gasteiger partial charge is 0.222 e. The topological polar surface area (TPSA) is 35.6 Å². The number of likely N-dealkylation sites (tertiary alicyclic amines) is 1. The molecular formula is C17H35Cl2N3O. The zero-order chi connectivity index (χ0) is 15.1. The third-order valence-corrected chi connectivity index (χ3v) is 5.04. The van der Waals surface area contributed by atoms with E-state index < -0.39 is 0 Å². The molecule has 23 heavy (non-hydrogen) atoms. The van der Waals surface area contributed by atoms with Gasteiger partial charge in [-0.1, -0.05) is 6.92 Å². The first kappa shape index (κ1) is 23.0. The van der Waals surface area contributed by atoms with E-state index in [1.807, 2.05) is 0 Å². The number of nitrogens with one attached hydrogen (secondary N) is 1. The summed E-state index contributed by atoms with van der Waals surface area (Å²) in [5.74, 6) is 1.85. The van der Waals surface area contributed by atoms with E-state index >= 15 is 0 Å². The third-order valence-electron chi connectivity index (χ3n) is 5.04. The highest BCUT2D eigenvalue weighted by molar-refractivity contribution is 5.85. The van der Waals surface area contributed by atoms with Crippen molar-refractivity contribution in [2.45, 2.75) is 45.4 Å². The third kappa shape index (κ3) is 8.06. The van der Waals surface area contributed by atoms with Gasteiger partial charge >= 0.3 is 0 Å². The number of nitrogens with zero attached hydrogens (tertiary/aromatic N) is 2. The number of amides is 1. The monoisotopic (exact) mass is 367 g/mol. The summed E-state index contributed by atoms with van der Waals surface area (Å²) in [7, 11) is 2.20. The van der Waals surface area contributed by atoms with E-state index in [0.29, 0.717) is 11.8 Å². The summed E-state index contributed by atoms with van der Waals surface area (Å²) in [6.07, 6.45) is 6.75. The Balaban J connectivity index is 0.00000242. The van der Waals surface area contributed by atoms with Crippen LogP contribution in [0.1, 0.15) is 45.4 Å². The SMILES string of the molecule is CCCN(C)CC1CCN(C(=O)CCC2CCNCC2)C1.Cl.Cl. The first-order valence-corrected chi connectivity index (χ1v) is 8.86. The number of rotatable bonds is 7. The van der Waals surface area contributed by atoms with E-state index in [9.17, 15) is 4.79 Å². The number of halogens is 2. The maximum Gasteiger partial charge on any atom is 0.222 e. The molecule has 1 atom stereocenters. The molecule has 0 saturated carbocycles. The van der Waals surface area contributed by atoms with Crippen LogP contribution in [0.15, 0.2) is 0 Å². The van der Waals surface area contributed by atoms with Crippen molar-refractivity contribution < 1.29 is 4.79 Å². The van der Waals surface area contributed by atoms with Gasteiger partial charge in [0.2, 0.25) is 5.91 Å². The zero-order valence-corrected chi connectivity index (χ0v) is 16.4. The average molecular weight is 368 g/mol. The first-order valence-electron chi connectivity index (χ1n) is 8.86. The van der Waals surface area contributed by atoms with Crippen LogP contribution in [0.5, 0.6) is 0 Å². The fourth-order valence-corrected chi connectivity index (χ4v) is 3.78. The summed E-state index contributed by atoms with van der Waals surface area (Å²) in [5.41, 5.74) is 0. The lowest BCUT2D eigenvalue weighted by atomic mass is 9.93. The molecule has 0 aromatic carbocycles. The Bertz CT molecular complexity index is 325. The van der Waals surface area contributed by atoms with Gasteiger partial charge in [0.05, 0.1) is 0 Å². The molecule has 4 nitrogen and oxygen atoms in total. The molecule has 2 aliphatic rings. The van der Waals surface area contributed by atoms with Crippen LogP contribution in [-0.4, -0.2) is 62.0 Å². The van der Waals surface area contributed by atoms with Crippen LogP contribution in [-0.2, 0) is 4.79 Å². The standard InChI is InChI=1S/C17H33N3O.2ClH/c1-3-11-19(2)13-16-8-12-20(14-16)17(21)5-4-15-6-9-18-10-7-15;;/h15-16,18H,3-14H2,1-2H3;2*1H. The molecule has 1 unspecified atom stereocenters. The molecule has 0 aromatic heterocycles. The minimum atomic E-state index is 0. The molecule has 2 fully saturated rings. The molecule has 138 valence electrons. The van der Waals surface area contributed by atoms with Gasteiger partial charge < -0.3 is 15.1 Å². The molecule has 0 bridgehead atoms. The lowest BCUT2D eigenvalue weighted by molar-refractivity contribution is -0.130. The maximum absolute atomic E-state index is 12.3. The van der Waals surface area contributed by atoms with Crippen LogP contribution < -0.4 is 5.32 Å². The highest BCUT2D eigenvalue weighted by atomic mass is 35.5. The number of hydrogen-bond donors (Lipinski definition) is 1. The van der Waals surface area contributed by atoms with Crippen molar-refractivity contribution in [2.24, 2.45) is 11.8 Å². The van der Waals surface area contributed by atoms with Crippen molar-refractivity contribution in [3.05, 3.63) is 0 Å². The molecule has 1 N–H and O–H groups in total. The van der Waals surface area contributed by atoms with Crippen molar-refractivity contribution in [1.82, 2.24) is 15.1 Å².